The molecule has 1 saturated heterocycles. The predicted molar refractivity (Wildman–Crippen MR) is 116 cm³/mol. The van der Waals surface area contributed by atoms with Gasteiger partial charge in [-0.3, -0.25) is 9.59 Å². The van der Waals surface area contributed by atoms with E-state index < -0.39 is 0 Å². The Morgan fingerprint density at radius 3 is 2.45 bits per heavy atom. The number of amides is 2. The molecule has 1 aliphatic heterocycles. The lowest BCUT2D eigenvalue weighted by Crippen LogP contribution is -2.40. The maximum atomic E-state index is 12.6. The van der Waals surface area contributed by atoms with Crippen molar-refractivity contribution in [1.29, 1.82) is 0 Å². The van der Waals surface area contributed by atoms with E-state index >= 15 is 0 Å². The van der Waals surface area contributed by atoms with E-state index in [0.29, 0.717) is 36.7 Å². The van der Waals surface area contributed by atoms with Crippen LogP contribution in [0.2, 0.25) is 0 Å². The first-order valence-corrected chi connectivity index (χ1v) is 10.6. The fourth-order valence-electron chi connectivity index (χ4n) is 3.58. The van der Waals surface area contributed by atoms with Gasteiger partial charge in [-0.2, -0.15) is 0 Å². The fraction of sp³-hybridized carbons (Fsp3) is 0.478. The number of carbonyl (C=O) groups excluding carboxylic acids is 2. The lowest BCUT2D eigenvalue weighted by Gasteiger charge is -2.31. The summed E-state index contributed by atoms with van der Waals surface area (Å²) in [6, 6.07) is 7.30. The molecule has 0 unspecified atom stereocenters. The molecule has 0 atom stereocenters. The lowest BCUT2D eigenvalue weighted by atomic mass is 9.95. The highest BCUT2D eigenvalue weighted by atomic mass is 16.5. The third-order valence-corrected chi connectivity index (χ3v) is 5.33. The number of nitrogens with zero attached hydrogens (tertiary/aromatic N) is 4. The summed E-state index contributed by atoms with van der Waals surface area (Å²) in [5.41, 5.74) is 1.21. The number of piperidine rings is 1. The molecule has 3 rings (SSSR count). The Balaban J connectivity index is 1.52. The minimum Gasteiger partial charge on any atom is -0.494 e. The molecule has 8 nitrogen and oxygen atoms in total. The minimum absolute atomic E-state index is 0.00278. The first kappa shape index (κ1) is 22.5. The second-order valence-corrected chi connectivity index (χ2v) is 7.78. The van der Waals surface area contributed by atoms with Crippen molar-refractivity contribution in [3.63, 3.8) is 0 Å². The topological polar surface area (TPSA) is 84.9 Å². The van der Waals surface area contributed by atoms with Gasteiger partial charge in [0.25, 0.3) is 11.8 Å². The summed E-state index contributed by atoms with van der Waals surface area (Å²) in [4.78, 5) is 37.1. The molecular weight excluding hydrogens is 396 g/mol. The third-order valence-electron chi connectivity index (χ3n) is 5.33. The van der Waals surface area contributed by atoms with Gasteiger partial charge in [-0.1, -0.05) is 6.07 Å². The van der Waals surface area contributed by atoms with Gasteiger partial charge in [0.2, 0.25) is 0 Å². The number of aromatic nitrogens is 2. The number of likely N-dealkylation sites (tertiary alicyclic amines) is 1. The number of ether oxygens (including phenoxy) is 2. The Hall–Kier alpha value is -3.16. The van der Waals surface area contributed by atoms with Gasteiger partial charge >= 0.3 is 0 Å². The molecule has 0 radical (unpaired) electrons. The van der Waals surface area contributed by atoms with E-state index in [9.17, 15) is 9.59 Å². The van der Waals surface area contributed by atoms with E-state index in [4.69, 9.17) is 9.47 Å². The van der Waals surface area contributed by atoms with Crippen LogP contribution in [0.1, 0.15) is 47.6 Å². The first-order chi connectivity index (χ1) is 14.9. The molecule has 1 aromatic heterocycles. The van der Waals surface area contributed by atoms with Crippen molar-refractivity contribution in [3.05, 3.63) is 47.5 Å². The SMILES string of the molecule is CCOc1cccc(OCC(=O)N2CCC(c3ncc(C(=O)N(C)C)c(C)n3)CC2)c1. The minimum atomic E-state index is -0.101. The summed E-state index contributed by atoms with van der Waals surface area (Å²) in [5.74, 6) is 2.12. The molecule has 2 heterocycles. The Morgan fingerprint density at radius 2 is 1.84 bits per heavy atom. The van der Waals surface area contributed by atoms with Crippen LogP contribution in [-0.2, 0) is 4.79 Å². The highest BCUT2D eigenvalue weighted by Gasteiger charge is 2.26. The van der Waals surface area contributed by atoms with Gasteiger partial charge in [-0.25, -0.2) is 9.97 Å². The third kappa shape index (κ3) is 5.71. The highest BCUT2D eigenvalue weighted by molar-refractivity contribution is 5.94. The molecule has 2 amide bonds. The molecular formula is C23H30N4O4. The van der Waals surface area contributed by atoms with Crippen molar-refractivity contribution in [2.75, 3.05) is 40.4 Å². The van der Waals surface area contributed by atoms with Crippen LogP contribution in [0.4, 0.5) is 0 Å². The maximum absolute atomic E-state index is 12.6. The molecule has 166 valence electrons. The number of benzene rings is 1. The van der Waals surface area contributed by atoms with Gasteiger partial charge in [-0.05, 0) is 38.8 Å². The van der Waals surface area contributed by atoms with Crippen molar-refractivity contribution in [3.8, 4) is 11.5 Å². The molecule has 1 aromatic carbocycles. The Labute approximate surface area is 183 Å². The summed E-state index contributed by atoms with van der Waals surface area (Å²) >= 11 is 0. The van der Waals surface area contributed by atoms with Crippen LogP contribution >= 0.6 is 0 Å². The number of rotatable bonds is 7. The van der Waals surface area contributed by atoms with E-state index in [-0.39, 0.29) is 24.3 Å². The molecule has 0 aliphatic carbocycles. The van der Waals surface area contributed by atoms with Crippen molar-refractivity contribution in [2.45, 2.75) is 32.6 Å². The average molecular weight is 427 g/mol. The van der Waals surface area contributed by atoms with Crippen LogP contribution in [0.25, 0.3) is 0 Å². The predicted octanol–water partition coefficient (Wildman–Crippen LogP) is 2.67. The largest absolute Gasteiger partial charge is 0.494 e. The van der Waals surface area contributed by atoms with E-state index in [1.807, 2.05) is 36.9 Å². The van der Waals surface area contributed by atoms with E-state index in [1.54, 1.807) is 26.4 Å². The summed E-state index contributed by atoms with van der Waals surface area (Å²) in [7, 11) is 3.42. The molecule has 0 bridgehead atoms. The molecule has 1 fully saturated rings. The van der Waals surface area contributed by atoms with Crippen LogP contribution in [0.3, 0.4) is 0 Å². The van der Waals surface area contributed by atoms with Gasteiger partial charge < -0.3 is 19.3 Å². The number of aryl methyl sites for hydroxylation is 1. The van der Waals surface area contributed by atoms with Gasteiger partial charge in [0, 0.05) is 45.4 Å². The van der Waals surface area contributed by atoms with Crippen LogP contribution < -0.4 is 9.47 Å². The van der Waals surface area contributed by atoms with Gasteiger partial charge in [0.1, 0.15) is 17.3 Å². The zero-order valence-electron chi connectivity index (χ0n) is 18.6. The molecule has 8 heteroatoms. The molecule has 0 N–H and O–H groups in total. The van der Waals surface area contributed by atoms with Crippen molar-refractivity contribution in [1.82, 2.24) is 19.8 Å². The summed E-state index contributed by atoms with van der Waals surface area (Å²) in [6.07, 6.45) is 3.18. The van der Waals surface area contributed by atoms with Crippen molar-refractivity contribution >= 4 is 11.8 Å². The normalized spacial score (nSPS) is 14.3. The number of hydrogen-bond donors (Lipinski definition) is 0. The Kier molecular flexibility index (Phi) is 7.44. The van der Waals surface area contributed by atoms with E-state index in [1.165, 1.54) is 4.90 Å². The van der Waals surface area contributed by atoms with Crippen molar-refractivity contribution < 1.29 is 19.1 Å². The molecule has 2 aromatic rings. The average Bonchev–Trinajstić information content (AvgIpc) is 2.77. The van der Waals surface area contributed by atoms with Gasteiger partial charge in [0.05, 0.1) is 17.9 Å². The zero-order valence-corrected chi connectivity index (χ0v) is 18.6. The van der Waals surface area contributed by atoms with E-state index in [0.717, 1.165) is 24.4 Å². The number of carbonyl (C=O) groups is 2. The zero-order chi connectivity index (χ0) is 22.4. The quantitative estimate of drug-likeness (QED) is 0.677. The first-order valence-electron chi connectivity index (χ1n) is 10.6. The summed E-state index contributed by atoms with van der Waals surface area (Å²) < 4.78 is 11.1. The highest BCUT2D eigenvalue weighted by Crippen LogP contribution is 2.26. The van der Waals surface area contributed by atoms with Crippen LogP contribution in [0.15, 0.2) is 30.5 Å². The lowest BCUT2D eigenvalue weighted by molar-refractivity contribution is -0.134. The van der Waals surface area contributed by atoms with Crippen LogP contribution in [0, 0.1) is 6.92 Å². The summed E-state index contributed by atoms with van der Waals surface area (Å²) in [5, 5.41) is 0. The molecule has 1 aliphatic rings. The molecule has 31 heavy (non-hydrogen) atoms. The second-order valence-electron chi connectivity index (χ2n) is 7.78. The summed E-state index contributed by atoms with van der Waals surface area (Å²) in [6.45, 7) is 5.59. The van der Waals surface area contributed by atoms with Crippen molar-refractivity contribution in [2.24, 2.45) is 0 Å². The maximum Gasteiger partial charge on any atom is 0.260 e. The van der Waals surface area contributed by atoms with Gasteiger partial charge in [-0.15, -0.1) is 0 Å². The Morgan fingerprint density at radius 1 is 1.16 bits per heavy atom. The Bertz CT molecular complexity index is 924. The van der Waals surface area contributed by atoms with Crippen LogP contribution in [0.5, 0.6) is 11.5 Å². The smallest absolute Gasteiger partial charge is 0.260 e. The van der Waals surface area contributed by atoms with Crippen LogP contribution in [-0.4, -0.2) is 72.0 Å². The van der Waals surface area contributed by atoms with E-state index in [2.05, 4.69) is 9.97 Å². The fourth-order valence-corrected chi connectivity index (χ4v) is 3.58. The second kappa shape index (κ2) is 10.2. The monoisotopic (exact) mass is 426 g/mol. The number of hydrogen-bond acceptors (Lipinski definition) is 6. The standard InChI is InChI=1S/C23H30N4O4/c1-5-30-18-7-6-8-19(13-18)31-15-21(28)27-11-9-17(10-12-27)22-24-14-20(16(2)25-22)23(29)26(3)4/h6-8,13-14,17H,5,9-12,15H2,1-4H3. The van der Waals surface area contributed by atoms with Gasteiger partial charge in [0.15, 0.2) is 6.61 Å². The molecule has 0 saturated carbocycles. The molecule has 0 spiro atoms.